The zero-order valence-corrected chi connectivity index (χ0v) is 23.4. The number of carbonyl (C=O) groups excluding carboxylic acids is 1. The Labute approximate surface area is 209 Å². The molecule has 4 saturated carbocycles. The molecule has 196 valence electrons. The van der Waals surface area contributed by atoms with Crippen molar-refractivity contribution >= 4 is 5.78 Å². The van der Waals surface area contributed by atoms with Crippen molar-refractivity contribution in [2.24, 2.45) is 52.3 Å². The molecule has 0 aliphatic heterocycles. The first kappa shape index (κ1) is 30.7. The number of ketones is 1. The van der Waals surface area contributed by atoms with Crippen LogP contribution < -0.4 is 0 Å². The highest BCUT2D eigenvalue weighted by Gasteiger charge is 2.60. The molecule has 1 nitrogen and oxygen atoms in total. The first-order valence-corrected chi connectivity index (χ1v) is 14.8. The van der Waals surface area contributed by atoms with Gasteiger partial charge in [0, 0.05) is 12.3 Å². The van der Waals surface area contributed by atoms with E-state index in [0.717, 1.165) is 48.3 Å². The molecule has 0 bridgehead atoms. The minimum absolute atomic E-state index is 0. The van der Waals surface area contributed by atoms with Crippen LogP contribution in [0.3, 0.4) is 0 Å². The van der Waals surface area contributed by atoms with Gasteiger partial charge in [-0.1, -0.05) is 82.6 Å². The van der Waals surface area contributed by atoms with Crippen LogP contribution in [0.15, 0.2) is 0 Å². The van der Waals surface area contributed by atoms with Crippen LogP contribution in [0.4, 0.5) is 0 Å². The monoisotopic (exact) mass is 462 g/mol. The van der Waals surface area contributed by atoms with E-state index in [-0.39, 0.29) is 13.3 Å². The van der Waals surface area contributed by atoms with Crippen LogP contribution in [0.2, 0.25) is 0 Å². The lowest BCUT2D eigenvalue weighted by Gasteiger charge is -2.61. The zero-order chi connectivity index (χ0) is 24.1. The van der Waals surface area contributed by atoms with Crippen LogP contribution in [0.1, 0.15) is 147 Å². The topological polar surface area (TPSA) is 17.1 Å². The first-order chi connectivity index (χ1) is 15.3. The lowest BCUT2D eigenvalue weighted by Crippen LogP contribution is -2.53. The number of Topliss-reactive ketones (excluding diaryl/α,β-unsaturated/α-hetero) is 1. The standard InChI is InChI=1S/C27H46O.2C2H6.CH4/c1-18(2)25(28)14-9-19(3)22-12-13-23-21-11-10-20-8-6-7-16-26(20,4)24(21)15-17-27(22,23)5;2*1-2;/h18-24H,6-17H2,1-5H3;2*1-2H3;1H4. The van der Waals surface area contributed by atoms with Crippen molar-refractivity contribution in [3.8, 4) is 0 Å². The van der Waals surface area contributed by atoms with Gasteiger partial charge in [-0.2, -0.15) is 0 Å². The third-order valence-corrected chi connectivity index (χ3v) is 10.8. The van der Waals surface area contributed by atoms with Crippen LogP contribution in [-0.4, -0.2) is 5.78 Å². The summed E-state index contributed by atoms with van der Waals surface area (Å²) in [7, 11) is 0. The fourth-order valence-electron chi connectivity index (χ4n) is 9.13. The molecule has 0 aromatic carbocycles. The van der Waals surface area contributed by atoms with Crippen molar-refractivity contribution in [2.45, 2.75) is 147 Å². The van der Waals surface area contributed by atoms with Crippen molar-refractivity contribution in [1.82, 2.24) is 0 Å². The number of rotatable bonds is 5. The Morgan fingerprint density at radius 3 is 2.06 bits per heavy atom. The molecule has 8 atom stereocenters. The maximum absolute atomic E-state index is 12.2. The summed E-state index contributed by atoms with van der Waals surface area (Å²) in [5.41, 5.74) is 1.22. The van der Waals surface area contributed by atoms with Gasteiger partial charge in [0.2, 0.25) is 0 Å². The molecule has 0 amide bonds. The van der Waals surface area contributed by atoms with Crippen molar-refractivity contribution in [3.63, 3.8) is 0 Å². The van der Waals surface area contributed by atoms with Gasteiger partial charge in [-0.3, -0.25) is 4.79 Å². The molecule has 4 aliphatic rings. The van der Waals surface area contributed by atoms with Crippen molar-refractivity contribution in [3.05, 3.63) is 0 Å². The molecule has 0 aromatic heterocycles. The number of hydrogen-bond acceptors (Lipinski definition) is 1. The Balaban J connectivity index is 0.00000103. The van der Waals surface area contributed by atoms with Crippen LogP contribution in [0, 0.1) is 52.3 Å². The van der Waals surface area contributed by atoms with Gasteiger partial charge in [-0.05, 0) is 104 Å². The Morgan fingerprint density at radius 2 is 1.42 bits per heavy atom. The summed E-state index contributed by atoms with van der Waals surface area (Å²) in [6.07, 6.45) is 16.9. The second kappa shape index (κ2) is 13.1. The fourth-order valence-corrected chi connectivity index (χ4v) is 9.13. The maximum atomic E-state index is 12.2. The molecular weight excluding hydrogens is 400 g/mol. The molecule has 0 spiro atoms. The molecule has 0 aromatic rings. The van der Waals surface area contributed by atoms with Crippen molar-refractivity contribution in [2.75, 3.05) is 0 Å². The lowest BCUT2D eigenvalue weighted by atomic mass is 9.44. The highest BCUT2D eigenvalue weighted by atomic mass is 16.1. The molecule has 33 heavy (non-hydrogen) atoms. The molecule has 0 saturated heterocycles. The molecule has 8 unspecified atom stereocenters. The van der Waals surface area contributed by atoms with E-state index >= 15 is 0 Å². The van der Waals surface area contributed by atoms with Crippen molar-refractivity contribution in [1.29, 1.82) is 0 Å². The Hall–Kier alpha value is -0.330. The molecule has 1 heteroatoms. The van der Waals surface area contributed by atoms with Gasteiger partial charge in [-0.25, -0.2) is 0 Å². The van der Waals surface area contributed by atoms with E-state index < -0.39 is 0 Å². The Bertz CT molecular complexity index is 579. The molecule has 0 heterocycles. The number of hydrogen-bond donors (Lipinski definition) is 0. The van der Waals surface area contributed by atoms with Crippen LogP contribution in [0.25, 0.3) is 0 Å². The quantitative estimate of drug-likeness (QED) is 0.397. The summed E-state index contributed by atoms with van der Waals surface area (Å²) in [6.45, 7) is 20.0. The van der Waals surface area contributed by atoms with E-state index in [2.05, 4.69) is 34.6 Å². The second-order valence-corrected chi connectivity index (χ2v) is 12.3. The summed E-state index contributed by atoms with van der Waals surface area (Å²) in [5.74, 6) is 6.28. The predicted molar refractivity (Wildman–Crippen MR) is 148 cm³/mol. The van der Waals surface area contributed by atoms with Crippen molar-refractivity contribution < 1.29 is 4.79 Å². The summed E-state index contributed by atoms with van der Waals surface area (Å²) < 4.78 is 0. The van der Waals surface area contributed by atoms with E-state index in [4.69, 9.17) is 0 Å². The van der Waals surface area contributed by atoms with Crippen LogP contribution >= 0.6 is 0 Å². The Morgan fingerprint density at radius 1 is 0.788 bits per heavy atom. The van der Waals surface area contributed by atoms with E-state index in [0.29, 0.717) is 16.6 Å². The predicted octanol–water partition coefficient (Wildman–Crippen LogP) is 10.4. The minimum Gasteiger partial charge on any atom is -0.299 e. The highest BCUT2D eigenvalue weighted by molar-refractivity contribution is 5.80. The minimum atomic E-state index is 0. The zero-order valence-electron chi connectivity index (χ0n) is 23.4. The van der Waals surface area contributed by atoms with Gasteiger partial charge >= 0.3 is 0 Å². The first-order valence-electron chi connectivity index (χ1n) is 14.8. The largest absolute Gasteiger partial charge is 0.299 e. The molecule has 0 N–H and O–H groups in total. The maximum Gasteiger partial charge on any atom is 0.135 e. The van der Waals surface area contributed by atoms with E-state index in [1.807, 2.05) is 27.7 Å². The smallest absolute Gasteiger partial charge is 0.135 e. The second-order valence-electron chi connectivity index (χ2n) is 12.3. The number of carbonyl (C=O) groups is 1. The number of fused-ring (bicyclic) bond motifs is 5. The fraction of sp³-hybridized carbons (Fsp3) is 0.969. The lowest BCUT2D eigenvalue weighted by molar-refractivity contribution is -0.123. The molecule has 4 aliphatic carbocycles. The molecular formula is C32H62O. The molecule has 0 radical (unpaired) electrons. The summed E-state index contributed by atoms with van der Waals surface area (Å²) in [4.78, 5) is 12.2. The third-order valence-electron chi connectivity index (χ3n) is 10.8. The SMILES string of the molecule is C.CC.CC.CC(C)C(=O)CCC(C)C1CCC2C3CCC4CCCCC4(C)C3CCC12C. The highest BCUT2D eigenvalue weighted by Crippen LogP contribution is 2.68. The summed E-state index contributed by atoms with van der Waals surface area (Å²) >= 11 is 0. The Kier molecular flexibility index (Phi) is 12.2. The van der Waals surface area contributed by atoms with E-state index in [1.54, 1.807) is 0 Å². The molecule has 4 rings (SSSR count). The third kappa shape index (κ3) is 5.91. The average Bonchev–Trinajstić information content (AvgIpc) is 3.16. The van der Waals surface area contributed by atoms with Gasteiger partial charge < -0.3 is 0 Å². The van der Waals surface area contributed by atoms with Crippen LogP contribution in [0.5, 0.6) is 0 Å². The van der Waals surface area contributed by atoms with Gasteiger partial charge in [0.05, 0.1) is 0 Å². The summed E-state index contributed by atoms with van der Waals surface area (Å²) in [5, 5.41) is 0. The van der Waals surface area contributed by atoms with Crippen LogP contribution in [-0.2, 0) is 4.79 Å². The van der Waals surface area contributed by atoms with Gasteiger partial charge in [0.15, 0.2) is 0 Å². The van der Waals surface area contributed by atoms with Gasteiger partial charge in [0.25, 0.3) is 0 Å². The van der Waals surface area contributed by atoms with E-state index in [1.165, 1.54) is 64.2 Å². The normalized spacial score (nSPS) is 39.9. The average molecular weight is 463 g/mol. The van der Waals surface area contributed by atoms with Gasteiger partial charge in [-0.15, -0.1) is 0 Å². The van der Waals surface area contributed by atoms with E-state index in [9.17, 15) is 4.79 Å². The van der Waals surface area contributed by atoms with Gasteiger partial charge in [0.1, 0.15) is 5.78 Å². The molecule has 4 fully saturated rings. The summed E-state index contributed by atoms with van der Waals surface area (Å²) in [6, 6.07) is 0.